The Labute approximate surface area is 78.2 Å². The summed E-state index contributed by atoms with van der Waals surface area (Å²) in [7, 11) is 1.48. The number of carbonyl (C=O) groups excluding carboxylic acids is 2. The fourth-order valence-electron chi connectivity index (χ4n) is 0.506. The number of amides is 3. The molecule has 0 aromatic rings. The molecule has 13 heavy (non-hydrogen) atoms. The molecule has 3 N–H and O–H groups in total. The zero-order chi connectivity index (χ0) is 10.5. The van der Waals surface area contributed by atoms with E-state index in [9.17, 15) is 9.59 Å². The topological polar surface area (TPSA) is 70.2 Å². The van der Waals surface area contributed by atoms with Crippen molar-refractivity contribution >= 4 is 11.9 Å². The molecule has 0 spiro atoms. The maximum Gasteiger partial charge on any atom is 0.333 e. The van der Waals surface area contributed by atoms with E-state index >= 15 is 0 Å². The van der Waals surface area contributed by atoms with Crippen molar-refractivity contribution in [2.75, 3.05) is 7.05 Å². The van der Waals surface area contributed by atoms with E-state index in [1.54, 1.807) is 0 Å². The molecule has 0 aromatic heterocycles. The maximum atomic E-state index is 11.4. The highest BCUT2D eigenvalue weighted by Crippen LogP contribution is 2.18. The van der Waals surface area contributed by atoms with E-state index in [1.807, 2.05) is 20.8 Å². The molecular weight excluding hydrogens is 170 g/mol. The van der Waals surface area contributed by atoms with E-state index in [-0.39, 0.29) is 5.91 Å². The number of hydrogen-bond acceptors (Lipinski definition) is 2. The lowest BCUT2D eigenvalue weighted by molar-refractivity contribution is -0.130. The van der Waals surface area contributed by atoms with Gasteiger partial charge in [-0.05, 0) is 6.42 Å². The van der Waals surface area contributed by atoms with Gasteiger partial charge in [-0.1, -0.05) is 20.8 Å². The quantitative estimate of drug-likeness (QED) is 0.547. The van der Waals surface area contributed by atoms with Crippen LogP contribution in [0.5, 0.6) is 0 Å². The summed E-state index contributed by atoms with van der Waals surface area (Å²) in [6, 6.07) is -0.430. The Morgan fingerprint density at radius 1 is 1.23 bits per heavy atom. The second-order valence-electron chi connectivity index (χ2n) is 3.40. The molecule has 0 rings (SSSR count). The van der Waals surface area contributed by atoms with Crippen LogP contribution in [0.4, 0.5) is 4.79 Å². The molecule has 3 amide bonds. The average Bonchev–Trinajstić information content (AvgIpc) is 2.13. The normalized spacial score (nSPS) is 10.5. The van der Waals surface area contributed by atoms with Gasteiger partial charge < -0.3 is 5.32 Å². The zero-order valence-corrected chi connectivity index (χ0v) is 8.52. The van der Waals surface area contributed by atoms with E-state index in [0.717, 1.165) is 0 Å². The van der Waals surface area contributed by atoms with Crippen molar-refractivity contribution in [1.82, 2.24) is 16.2 Å². The molecule has 0 aliphatic heterocycles. The molecule has 0 aliphatic carbocycles. The highest BCUT2D eigenvalue weighted by atomic mass is 16.2. The first-order valence-electron chi connectivity index (χ1n) is 4.22. The van der Waals surface area contributed by atoms with Crippen LogP contribution in [0.3, 0.4) is 0 Å². The first kappa shape index (κ1) is 11.7. The Balaban J connectivity index is 3.95. The van der Waals surface area contributed by atoms with Gasteiger partial charge in [0.1, 0.15) is 0 Å². The minimum Gasteiger partial charge on any atom is -0.340 e. The van der Waals surface area contributed by atoms with E-state index in [0.29, 0.717) is 6.42 Å². The third kappa shape index (κ3) is 3.78. The Bertz CT molecular complexity index is 202. The van der Waals surface area contributed by atoms with Crippen molar-refractivity contribution in [2.45, 2.75) is 27.2 Å². The van der Waals surface area contributed by atoms with Gasteiger partial charge in [0, 0.05) is 12.5 Å². The van der Waals surface area contributed by atoms with Gasteiger partial charge in [-0.15, -0.1) is 0 Å². The van der Waals surface area contributed by atoms with Crippen LogP contribution in [-0.4, -0.2) is 19.0 Å². The molecule has 0 unspecified atom stereocenters. The number of nitrogens with one attached hydrogen (secondary N) is 3. The molecule has 0 saturated heterocycles. The SMILES string of the molecule is CCC(C)(C)C(=O)NNC(=O)NC. The van der Waals surface area contributed by atoms with Crippen LogP contribution in [0.1, 0.15) is 27.2 Å². The molecular formula is C8H17N3O2. The average molecular weight is 187 g/mol. The van der Waals surface area contributed by atoms with Gasteiger partial charge in [-0.2, -0.15) is 0 Å². The van der Waals surface area contributed by atoms with Crippen molar-refractivity contribution < 1.29 is 9.59 Å². The highest BCUT2D eigenvalue weighted by Gasteiger charge is 2.25. The zero-order valence-electron chi connectivity index (χ0n) is 8.52. The summed E-state index contributed by atoms with van der Waals surface area (Å²) < 4.78 is 0. The Hall–Kier alpha value is -1.26. The second kappa shape index (κ2) is 4.69. The van der Waals surface area contributed by atoms with Gasteiger partial charge in [0.2, 0.25) is 5.91 Å². The number of urea groups is 1. The fourth-order valence-corrected chi connectivity index (χ4v) is 0.506. The third-order valence-electron chi connectivity index (χ3n) is 2.02. The minimum atomic E-state index is -0.457. The van der Waals surface area contributed by atoms with Gasteiger partial charge in [0.05, 0.1) is 0 Å². The smallest absolute Gasteiger partial charge is 0.333 e. The minimum absolute atomic E-state index is 0.196. The summed E-state index contributed by atoms with van der Waals surface area (Å²) in [5.74, 6) is -0.196. The van der Waals surface area contributed by atoms with Crippen molar-refractivity contribution in [1.29, 1.82) is 0 Å². The summed E-state index contributed by atoms with van der Waals surface area (Å²) in [5.41, 5.74) is 4.09. The van der Waals surface area contributed by atoms with Crippen LogP contribution in [0, 0.1) is 5.41 Å². The van der Waals surface area contributed by atoms with Crippen LogP contribution in [0.25, 0.3) is 0 Å². The monoisotopic (exact) mass is 187 g/mol. The summed E-state index contributed by atoms with van der Waals surface area (Å²) in [5, 5.41) is 2.33. The van der Waals surface area contributed by atoms with Gasteiger partial charge in [-0.3, -0.25) is 10.2 Å². The number of hydrogen-bond donors (Lipinski definition) is 3. The van der Waals surface area contributed by atoms with Crippen molar-refractivity contribution in [2.24, 2.45) is 5.41 Å². The third-order valence-corrected chi connectivity index (χ3v) is 2.02. The molecule has 0 fully saturated rings. The van der Waals surface area contributed by atoms with E-state index in [4.69, 9.17) is 0 Å². The number of hydrazine groups is 1. The predicted molar refractivity (Wildman–Crippen MR) is 49.8 cm³/mol. The predicted octanol–water partition coefficient (Wildman–Crippen LogP) is 0.383. The van der Waals surface area contributed by atoms with Crippen molar-refractivity contribution in [3.8, 4) is 0 Å². The number of carbonyl (C=O) groups is 2. The lowest BCUT2D eigenvalue weighted by atomic mass is 9.90. The lowest BCUT2D eigenvalue weighted by Crippen LogP contribution is -2.50. The lowest BCUT2D eigenvalue weighted by Gasteiger charge is -2.21. The first-order valence-corrected chi connectivity index (χ1v) is 4.22. The van der Waals surface area contributed by atoms with Crippen LogP contribution in [0.15, 0.2) is 0 Å². The molecule has 0 saturated carbocycles. The van der Waals surface area contributed by atoms with Crippen molar-refractivity contribution in [3.63, 3.8) is 0 Å². The second-order valence-corrected chi connectivity index (χ2v) is 3.40. The summed E-state index contributed by atoms with van der Waals surface area (Å²) in [4.78, 5) is 22.1. The van der Waals surface area contributed by atoms with Crippen molar-refractivity contribution in [3.05, 3.63) is 0 Å². The van der Waals surface area contributed by atoms with Crippen LogP contribution >= 0.6 is 0 Å². The summed E-state index contributed by atoms with van der Waals surface area (Å²) in [6.45, 7) is 5.54. The molecule has 0 aliphatic rings. The highest BCUT2D eigenvalue weighted by molar-refractivity contribution is 5.84. The van der Waals surface area contributed by atoms with Crippen LogP contribution in [0.2, 0.25) is 0 Å². The Morgan fingerprint density at radius 2 is 1.77 bits per heavy atom. The molecule has 0 heterocycles. The van der Waals surface area contributed by atoms with Gasteiger partial charge in [0.25, 0.3) is 0 Å². The van der Waals surface area contributed by atoms with E-state index in [2.05, 4.69) is 16.2 Å². The summed E-state index contributed by atoms with van der Waals surface area (Å²) >= 11 is 0. The molecule has 5 nitrogen and oxygen atoms in total. The van der Waals surface area contributed by atoms with Gasteiger partial charge in [0.15, 0.2) is 0 Å². The molecule has 76 valence electrons. The van der Waals surface area contributed by atoms with E-state index < -0.39 is 11.4 Å². The first-order chi connectivity index (χ1) is 5.94. The molecule has 0 aromatic carbocycles. The van der Waals surface area contributed by atoms with Crippen LogP contribution in [-0.2, 0) is 4.79 Å². The molecule has 0 radical (unpaired) electrons. The van der Waals surface area contributed by atoms with E-state index in [1.165, 1.54) is 7.05 Å². The Morgan fingerprint density at radius 3 is 2.15 bits per heavy atom. The summed E-state index contributed by atoms with van der Waals surface area (Å²) in [6.07, 6.45) is 0.717. The molecule has 0 atom stereocenters. The molecule has 0 bridgehead atoms. The largest absolute Gasteiger partial charge is 0.340 e. The number of rotatable bonds is 2. The maximum absolute atomic E-state index is 11.4. The van der Waals surface area contributed by atoms with Crippen LogP contribution < -0.4 is 16.2 Å². The van der Waals surface area contributed by atoms with Gasteiger partial charge in [-0.25, -0.2) is 10.2 Å². The Kier molecular flexibility index (Phi) is 4.23. The standard InChI is InChI=1S/C8H17N3O2/c1-5-8(2,3)6(12)10-11-7(13)9-4/h5H2,1-4H3,(H,10,12)(H2,9,11,13). The fraction of sp³-hybridized carbons (Fsp3) is 0.750. The van der Waals surface area contributed by atoms with Gasteiger partial charge >= 0.3 is 6.03 Å². The molecule has 5 heteroatoms.